The van der Waals surface area contributed by atoms with Crippen molar-refractivity contribution in [3.05, 3.63) is 40.7 Å². The summed E-state index contributed by atoms with van der Waals surface area (Å²) < 4.78 is 1.21. The van der Waals surface area contributed by atoms with Crippen LogP contribution in [-0.4, -0.2) is 18.1 Å². The smallest absolute Gasteiger partial charge is 0.0846 e. The average molecular weight is 337 g/mol. The summed E-state index contributed by atoms with van der Waals surface area (Å²) >= 11 is 1.78. The third-order valence-electron chi connectivity index (χ3n) is 5.11. The van der Waals surface area contributed by atoms with Gasteiger partial charge in [-0.25, -0.2) is 4.98 Å². The van der Waals surface area contributed by atoms with Gasteiger partial charge in [0.2, 0.25) is 0 Å². The van der Waals surface area contributed by atoms with E-state index in [2.05, 4.69) is 36.9 Å². The van der Waals surface area contributed by atoms with Gasteiger partial charge in [0, 0.05) is 18.8 Å². The van der Waals surface area contributed by atoms with Gasteiger partial charge in [0.1, 0.15) is 0 Å². The Kier molecular flexibility index (Phi) is 4.01. The van der Waals surface area contributed by atoms with Crippen LogP contribution < -0.4 is 10.3 Å². The molecule has 0 unspecified atom stereocenters. The third-order valence-corrected chi connectivity index (χ3v) is 6.19. The second-order valence-corrected chi connectivity index (χ2v) is 7.56. The molecule has 0 aromatic heterocycles. The first-order valence-corrected chi connectivity index (χ1v) is 9.71. The summed E-state index contributed by atoms with van der Waals surface area (Å²) in [5.74, 6) is 0. The average Bonchev–Trinajstić information content (AvgIpc) is 2.62. The Labute approximate surface area is 146 Å². The predicted octanol–water partition coefficient (Wildman–Crippen LogP) is 4.61. The molecule has 1 aliphatic heterocycles. The minimum absolute atomic E-state index is 0.703. The molecule has 4 rings (SSSR count). The molecule has 2 aliphatic carbocycles. The zero-order valence-corrected chi connectivity index (χ0v) is 15.2. The fourth-order valence-electron chi connectivity index (χ4n) is 3.80. The van der Waals surface area contributed by atoms with E-state index >= 15 is 0 Å². The number of hydrogen-bond donors (Lipinski definition) is 1. The lowest BCUT2D eigenvalue weighted by Crippen LogP contribution is -2.21. The molecule has 1 aromatic rings. The van der Waals surface area contributed by atoms with E-state index in [1.54, 1.807) is 11.3 Å². The first-order chi connectivity index (χ1) is 11.7. The quantitative estimate of drug-likeness (QED) is 0.709. The van der Waals surface area contributed by atoms with Gasteiger partial charge in [-0.2, -0.15) is 0 Å². The molecule has 3 aliphatic rings. The normalized spacial score (nSPS) is 14.1. The van der Waals surface area contributed by atoms with Gasteiger partial charge in [-0.15, -0.1) is 11.3 Å². The number of benzene rings is 2. The van der Waals surface area contributed by atoms with Gasteiger partial charge >= 0.3 is 0 Å². The van der Waals surface area contributed by atoms with Crippen LogP contribution in [0.15, 0.2) is 24.3 Å². The lowest BCUT2D eigenvalue weighted by atomic mass is 9.88. The second kappa shape index (κ2) is 6.17. The first-order valence-electron chi connectivity index (χ1n) is 8.90. The van der Waals surface area contributed by atoms with Gasteiger partial charge in [0.05, 0.1) is 26.1 Å². The van der Waals surface area contributed by atoms with Crippen molar-refractivity contribution < 1.29 is 0 Å². The Hall–Kier alpha value is -1.94. The Morgan fingerprint density at radius 1 is 1.08 bits per heavy atom. The van der Waals surface area contributed by atoms with E-state index < -0.39 is 0 Å². The van der Waals surface area contributed by atoms with Gasteiger partial charge in [-0.1, -0.05) is 0 Å². The number of hydrogen-bond acceptors (Lipinski definition) is 4. The Bertz CT molecular complexity index is 924. The summed E-state index contributed by atoms with van der Waals surface area (Å²) in [6.07, 6.45) is 4.53. The highest BCUT2D eigenvalue weighted by Gasteiger charge is 2.20. The zero-order chi connectivity index (χ0) is 16.7. The van der Waals surface area contributed by atoms with Gasteiger partial charge in [-0.3, -0.25) is 0 Å². The van der Waals surface area contributed by atoms with Crippen LogP contribution in [0.25, 0.3) is 20.8 Å². The van der Waals surface area contributed by atoms with Crippen LogP contribution in [0.1, 0.15) is 37.8 Å². The summed E-state index contributed by atoms with van der Waals surface area (Å²) in [5.41, 5.74) is 6.03. The van der Waals surface area contributed by atoms with Crippen LogP contribution in [0.3, 0.4) is 0 Å². The molecule has 0 radical (unpaired) electrons. The molecule has 0 spiro atoms. The van der Waals surface area contributed by atoms with E-state index in [-0.39, 0.29) is 0 Å². The van der Waals surface area contributed by atoms with E-state index in [0.717, 1.165) is 42.0 Å². The van der Waals surface area contributed by atoms with Crippen LogP contribution in [0, 0.1) is 5.41 Å². The summed E-state index contributed by atoms with van der Waals surface area (Å²) in [7, 11) is 0. The fraction of sp³-hybridized carbons (Fsp3) is 0.400. The summed E-state index contributed by atoms with van der Waals surface area (Å²) in [6, 6.07) is 8.62. The molecule has 0 fully saturated rings. The second-order valence-electron chi connectivity index (χ2n) is 6.47. The standard InChI is InChI=1S/C20H23N3S/c1-3-23(4-2)13-9-10-17-18(11-13)24-19-12-16(21)14-7-5-6-8-15(14)20(19)22-17/h9-12,21H,3-8H2,1-2H3. The highest BCUT2D eigenvalue weighted by atomic mass is 32.1. The van der Waals surface area contributed by atoms with Crippen molar-refractivity contribution in [2.45, 2.75) is 39.5 Å². The van der Waals surface area contributed by atoms with E-state index in [1.165, 1.54) is 34.4 Å². The highest BCUT2D eigenvalue weighted by molar-refractivity contribution is 7.21. The lowest BCUT2D eigenvalue weighted by Gasteiger charge is -2.22. The number of nitrogens with one attached hydrogen (secondary N) is 1. The number of rotatable bonds is 3. The maximum Gasteiger partial charge on any atom is 0.0846 e. The molecular weight excluding hydrogens is 314 g/mol. The monoisotopic (exact) mass is 337 g/mol. The molecule has 0 saturated heterocycles. The maximum absolute atomic E-state index is 8.38. The number of anilines is 1. The fourth-order valence-corrected chi connectivity index (χ4v) is 4.88. The van der Waals surface area contributed by atoms with E-state index in [1.807, 2.05) is 6.07 Å². The van der Waals surface area contributed by atoms with Crippen molar-refractivity contribution in [1.29, 1.82) is 5.41 Å². The molecule has 0 atom stereocenters. The molecule has 1 N–H and O–H groups in total. The van der Waals surface area contributed by atoms with Crippen LogP contribution in [0.5, 0.6) is 0 Å². The molecule has 1 heterocycles. The summed E-state index contributed by atoms with van der Waals surface area (Å²) in [5, 5.41) is 9.08. The predicted molar refractivity (Wildman–Crippen MR) is 102 cm³/mol. The summed E-state index contributed by atoms with van der Waals surface area (Å²) in [6.45, 7) is 6.40. The lowest BCUT2D eigenvalue weighted by molar-refractivity contribution is 0.678. The molecule has 4 heteroatoms. The Balaban J connectivity index is 1.94. The molecule has 3 nitrogen and oxygen atoms in total. The van der Waals surface area contributed by atoms with Crippen molar-refractivity contribution in [2.24, 2.45) is 0 Å². The van der Waals surface area contributed by atoms with Crippen molar-refractivity contribution in [3.8, 4) is 10.6 Å². The minimum atomic E-state index is 0.703. The van der Waals surface area contributed by atoms with E-state index in [9.17, 15) is 0 Å². The zero-order valence-electron chi connectivity index (χ0n) is 14.4. The topological polar surface area (TPSA) is 40.0 Å². The van der Waals surface area contributed by atoms with Crippen LogP contribution in [0.2, 0.25) is 0 Å². The van der Waals surface area contributed by atoms with Crippen molar-refractivity contribution in [1.82, 2.24) is 4.98 Å². The van der Waals surface area contributed by atoms with Crippen LogP contribution in [0.4, 0.5) is 5.69 Å². The highest BCUT2D eigenvalue weighted by Crippen LogP contribution is 2.36. The number of fused-ring (bicyclic) bond motifs is 4. The minimum Gasteiger partial charge on any atom is -0.372 e. The molecule has 0 amide bonds. The van der Waals surface area contributed by atoms with E-state index in [0.29, 0.717) is 5.36 Å². The van der Waals surface area contributed by atoms with Gasteiger partial charge in [-0.05, 0) is 74.9 Å². The number of aromatic nitrogens is 1. The van der Waals surface area contributed by atoms with Crippen LogP contribution >= 0.6 is 11.3 Å². The Morgan fingerprint density at radius 3 is 2.58 bits per heavy atom. The molecule has 0 bridgehead atoms. The molecule has 0 saturated carbocycles. The molecular formula is C20H23N3S. The van der Waals surface area contributed by atoms with Crippen LogP contribution in [-0.2, 0) is 12.8 Å². The SMILES string of the molecule is CCN(CC)c1ccc2nc3c4c(c(=N)cc-3sc2c1)CCCC4. The van der Waals surface area contributed by atoms with E-state index in [4.69, 9.17) is 10.4 Å². The van der Waals surface area contributed by atoms with Crippen molar-refractivity contribution in [3.63, 3.8) is 0 Å². The number of nitrogens with zero attached hydrogens (tertiary/aromatic N) is 2. The van der Waals surface area contributed by atoms with Crippen molar-refractivity contribution >= 4 is 27.2 Å². The summed E-state index contributed by atoms with van der Waals surface area (Å²) in [4.78, 5) is 8.51. The Morgan fingerprint density at radius 2 is 1.83 bits per heavy atom. The third kappa shape index (κ3) is 2.49. The largest absolute Gasteiger partial charge is 0.372 e. The van der Waals surface area contributed by atoms with Crippen molar-refractivity contribution in [2.75, 3.05) is 18.0 Å². The maximum atomic E-state index is 8.38. The molecule has 1 aromatic carbocycles. The first kappa shape index (κ1) is 15.6. The van der Waals surface area contributed by atoms with Gasteiger partial charge in [0.15, 0.2) is 0 Å². The molecule has 124 valence electrons. The van der Waals surface area contributed by atoms with Gasteiger partial charge in [0.25, 0.3) is 0 Å². The molecule has 24 heavy (non-hydrogen) atoms. The van der Waals surface area contributed by atoms with Gasteiger partial charge < -0.3 is 10.3 Å².